The van der Waals surface area contributed by atoms with E-state index in [4.69, 9.17) is 9.47 Å². The largest absolute Gasteiger partial charge is 0.497 e. The first-order valence-electron chi connectivity index (χ1n) is 7.53. The van der Waals surface area contributed by atoms with Crippen LogP contribution in [0.1, 0.15) is 24.8 Å². The quantitative estimate of drug-likeness (QED) is 0.789. The van der Waals surface area contributed by atoms with E-state index in [0.717, 1.165) is 44.6 Å². The van der Waals surface area contributed by atoms with E-state index in [9.17, 15) is 4.79 Å². The van der Waals surface area contributed by atoms with Crippen molar-refractivity contribution in [3.63, 3.8) is 0 Å². The Bertz CT molecular complexity index is 428. The van der Waals surface area contributed by atoms with Crippen LogP contribution >= 0.6 is 0 Å². The standard InChI is InChI=1S/C16H24N2O3/c1-20-15-6-4-13(5-7-15)3-2-10-17-16(19)18-14-8-11-21-12-9-14/h4-7,14H,2-3,8-12H2,1H3,(H2,17,18,19). The number of ether oxygens (including phenoxy) is 2. The van der Waals surface area contributed by atoms with E-state index >= 15 is 0 Å². The minimum absolute atomic E-state index is 0.0726. The number of hydrogen-bond acceptors (Lipinski definition) is 3. The van der Waals surface area contributed by atoms with Crippen LogP contribution in [0.25, 0.3) is 0 Å². The van der Waals surface area contributed by atoms with Gasteiger partial charge in [-0.2, -0.15) is 0 Å². The summed E-state index contributed by atoms with van der Waals surface area (Å²) in [5.74, 6) is 0.868. The molecule has 0 radical (unpaired) electrons. The Labute approximate surface area is 126 Å². The van der Waals surface area contributed by atoms with Crippen LogP contribution in [0.5, 0.6) is 5.75 Å². The maximum Gasteiger partial charge on any atom is 0.315 e. The summed E-state index contributed by atoms with van der Waals surface area (Å²) >= 11 is 0. The molecule has 5 heteroatoms. The first-order chi connectivity index (χ1) is 10.3. The lowest BCUT2D eigenvalue weighted by Crippen LogP contribution is -2.44. The van der Waals surface area contributed by atoms with Gasteiger partial charge in [-0.05, 0) is 43.4 Å². The summed E-state index contributed by atoms with van der Waals surface area (Å²) in [5, 5.41) is 5.89. The van der Waals surface area contributed by atoms with Gasteiger partial charge >= 0.3 is 6.03 Å². The molecule has 1 aromatic carbocycles. The predicted molar refractivity (Wildman–Crippen MR) is 81.7 cm³/mol. The zero-order valence-corrected chi connectivity index (χ0v) is 12.6. The Morgan fingerprint density at radius 1 is 1.29 bits per heavy atom. The lowest BCUT2D eigenvalue weighted by molar-refractivity contribution is 0.0801. The van der Waals surface area contributed by atoms with Crippen molar-refractivity contribution >= 4 is 6.03 Å². The third-order valence-electron chi connectivity index (χ3n) is 3.64. The van der Waals surface area contributed by atoms with E-state index in [0.29, 0.717) is 6.54 Å². The summed E-state index contributed by atoms with van der Waals surface area (Å²) in [4.78, 5) is 11.7. The van der Waals surface area contributed by atoms with Gasteiger partial charge < -0.3 is 20.1 Å². The lowest BCUT2D eigenvalue weighted by Gasteiger charge is -2.23. The highest BCUT2D eigenvalue weighted by molar-refractivity contribution is 5.74. The molecular weight excluding hydrogens is 268 g/mol. The molecule has 1 saturated heterocycles. The number of amides is 2. The molecule has 0 saturated carbocycles. The van der Waals surface area contributed by atoms with Gasteiger partial charge in [0.1, 0.15) is 5.75 Å². The van der Waals surface area contributed by atoms with Crippen molar-refractivity contribution in [3.05, 3.63) is 29.8 Å². The fraction of sp³-hybridized carbons (Fsp3) is 0.562. The molecule has 1 aliphatic heterocycles. The molecule has 0 atom stereocenters. The van der Waals surface area contributed by atoms with E-state index in [1.54, 1.807) is 7.11 Å². The molecule has 2 rings (SSSR count). The molecule has 1 aliphatic rings. The number of carbonyl (C=O) groups excluding carboxylic acids is 1. The average Bonchev–Trinajstić information content (AvgIpc) is 2.53. The van der Waals surface area contributed by atoms with Gasteiger partial charge in [-0.1, -0.05) is 12.1 Å². The minimum atomic E-state index is -0.0726. The van der Waals surface area contributed by atoms with E-state index < -0.39 is 0 Å². The number of carbonyl (C=O) groups is 1. The van der Waals surface area contributed by atoms with Gasteiger partial charge in [0.25, 0.3) is 0 Å². The zero-order chi connectivity index (χ0) is 14.9. The van der Waals surface area contributed by atoms with Crippen LogP contribution in [-0.4, -0.2) is 38.9 Å². The number of benzene rings is 1. The predicted octanol–water partition coefficient (Wildman–Crippen LogP) is 2.11. The number of nitrogens with one attached hydrogen (secondary N) is 2. The van der Waals surface area contributed by atoms with Crippen molar-refractivity contribution in [3.8, 4) is 5.75 Å². The van der Waals surface area contributed by atoms with Crippen molar-refractivity contribution in [1.82, 2.24) is 10.6 Å². The van der Waals surface area contributed by atoms with E-state index in [1.807, 2.05) is 12.1 Å². The highest BCUT2D eigenvalue weighted by Gasteiger charge is 2.15. The lowest BCUT2D eigenvalue weighted by atomic mass is 10.1. The average molecular weight is 292 g/mol. The van der Waals surface area contributed by atoms with Crippen LogP contribution in [0, 0.1) is 0 Å². The SMILES string of the molecule is COc1ccc(CCCNC(=O)NC2CCOCC2)cc1. The van der Waals surface area contributed by atoms with E-state index in [1.165, 1.54) is 5.56 Å². The van der Waals surface area contributed by atoms with Crippen LogP contribution in [0.15, 0.2) is 24.3 Å². The van der Waals surface area contributed by atoms with Gasteiger partial charge in [0.05, 0.1) is 7.11 Å². The molecule has 1 aromatic rings. The maximum atomic E-state index is 11.7. The van der Waals surface area contributed by atoms with Crippen molar-refractivity contribution in [2.45, 2.75) is 31.7 Å². The third kappa shape index (κ3) is 5.63. The molecule has 1 heterocycles. The molecular formula is C16H24N2O3. The summed E-state index contributed by atoms with van der Waals surface area (Å²) in [7, 11) is 1.66. The molecule has 0 unspecified atom stereocenters. The van der Waals surface area contributed by atoms with Gasteiger partial charge in [-0.25, -0.2) is 4.79 Å². The monoisotopic (exact) mass is 292 g/mol. The normalized spacial score (nSPS) is 15.5. The van der Waals surface area contributed by atoms with Gasteiger partial charge in [-0.15, -0.1) is 0 Å². The van der Waals surface area contributed by atoms with Gasteiger partial charge in [-0.3, -0.25) is 0 Å². The summed E-state index contributed by atoms with van der Waals surface area (Å²) in [6, 6.07) is 8.21. The smallest absolute Gasteiger partial charge is 0.315 e. The fourth-order valence-corrected chi connectivity index (χ4v) is 2.36. The Kier molecular flexibility index (Phi) is 6.34. The Morgan fingerprint density at radius 2 is 2.00 bits per heavy atom. The van der Waals surface area contributed by atoms with Crippen molar-refractivity contribution in [1.29, 1.82) is 0 Å². The van der Waals surface area contributed by atoms with Crippen LogP contribution < -0.4 is 15.4 Å². The molecule has 2 N–H and O–H groups in total. The summed E-state index contributed by atoms with van der Waals surface area (Å²) in [6.07, 6.45) is 3.67. The molecule has 5 nitrogen and oxygen atoms in total. The Hall–Kier alpha value is -1.75. The summed E-state index contributed by atoms with van der Waals surface area (Å²) in [5.41, 5.74) is 1.25. The molecule has 0 bridgehead atoms. The molecule has 0 aliphatic carbocycles. The molecule has 116 valence electrons. The topological polar surface area (TPSA) is 59.6 Å². The number of urea groups is 1. The first-order valence-corrected chi connectivity index (χ1v) is 7.53. The van der Waals surface area contributed by atoms with Crippen LogP contribution in [0.3, 0.4) is 0 Å². The maximum absolute atomic E-state index is 11.7. The second-order valence-electron chi connectivity index (χ2n) is 5.24. The summed E-state index contributed by atoms with van der Waals surface area (Å²) < 4.78 is 10.4. The fourth-order valence-electron chi connectivity index (χ4n) is 2.36. The molecule has 0 aromatic heterocycles. The van der Waals surface area contributed by atoms with Gasteiger partial charge in [0, 0.05) is 25.8 Å². The Morgan fingerprint density at radius 3 is 2.67 bits per heavy atom. The van der Waals surface area contributed by atoms with Gasteiger partial charge in [0.15, 0.2) is 0 Å². The van der Waals surface area contributed by atoms with Crippen LogP contribution in [0.4, 0.5) is 4.79 Å². The Balaban J connectivity index is 1.58. The molecule has 21 heavy (non-hydrogen) atoms. The van der Waals surface area contributed by atoms with Crippen LogP contribution in [-0.2, 0) is 11.2 Å². The second-order valence-corrected chi connectivity index (χ2v) is 5.24. The van der Waals surface area contributed by atoms with Crippen LogP contribution in [0.2, 0.25) is 0 Å². The second kappa shape index (κ2) is 8.52. The highest BCUT2D eigenvalue weighted by atomic mass is 16.5. The molecule has 0 spiro atoms. The highest BCUT2D eigenvalue weighted by Crippen LogP contribution is 2.12. The molecule has 2 amide bonds. The first kappa shape index (κ1) is 15.6. The van der Waals surface area contributed by atoms with Gasteiger partial charge in [0.2, 0.25) is 0 Å². The number of rotatable bonds is 6. The van der Waals surface area contributed by atoms with Crippen molar-refractivity contribution in [2.75, 3.05) is 26.9 Å². The van der Waals surface area contributed by atoms with Crippen molar-refractivity contribution in [2.24, 2.45) is 0 Å². The number of methoxy groups -OCH3 is 1. The van der Waals surface area contributed by atoms with E-state index in [-0.39, 0.29) is 12.1 Å². The van der Waals surface area contributed by atoms with Crippen molar-refractivity contribution < 1.29 is 14.3 Å². The number of aryl methyl sites for hydroxylation is 1. The van der Waals surface area contributed by atoms with E-state index in [2.05, 4.69) is 22.8 Å². The minimum Gasteiger partial charge on any atom is -0.497 e. The number of hydrogen-bond donors (Lipinski definition) is 2. The molecule has 1 fully saturated rings. The third-order valence-corrected chi connectivity index (χ3v) is 3.64. The zero-order valence-electron chi connectivity index (χ0n) is 12.6. The summed E-state index contributed by atoms with van der Waals surface area (Å²) in [6.45, 7) is 2.16.